The lowest BCUT2D eigenvalue weighted by Gasteiger charge is -2.31. The van der Waals surface area contributed by atoms with E-state index in [1.807, 2.05) is 30.6 Å². The third-order valence-electron chi connectivity index (χ3n) is 4.00. The van der Waals surface area contributed by atoms with Crippen molar-refractivity contribution in [3.8, 4) is 11.5 Å². The molecular formula is C17H14IN3O2. The van der Waals surface area contributed by atoms with Gasteiger partial charge in [-0.3, -0.25) is 0 Å². The van der Waals surface area contributed by atoms with E-state index in [1.165, 1.54) is 9.13 Å². The van der Waals surface area contributed by atoms with Crippen molar-refractivity contribution in [3.05, 3.63) is 45.0 Å². The molecule has 0 aromatic heterocycles. The zero-order valence-electron chi connectivity index (χ0n) is 12.7. The number of hydrogen-bond acceptors (Lipinski definition) is 5. The van der Waals surface area contributed by atoms with Crippen LogP contribution in [0.15, 0.2) is 40.3 Å². The summed E-state index contributed by atoms with van der Waals surface area (Å²) >= 11 is 2.35. The van der Waals surface area contributed by atoms with E-state index in [-0.39, 0.29) is 0 Å². The van der Waals surface area contributed by atoms with Gasteiger partial charge in [-0.25, -0.2) is 9.98 Å². The predicted molar refractivity (Wildman–Crippen MR) is 98.6 cm³/mol. The van der Waals surface area contributed by atoms with Crippen LogP contribution in [0.3, 0.4) is 0 Å². The van der Waals surface area contributed by atoms with Gasteiger partial charge in [0.15, 0.2) is 11.5 Å². The second-order valence-electron chi connectivity index (χ2n) is 5.27. The smallest absolute Gasteiger partial charge is 0.162 e. The van der Waals surface area contributed by atoms with Gasteiger partial charge in [-0.05, 0) is 40.8 Å². The van der Waals surface area contributed by atoms with E-state index in [2.05, 4.69) is 38.5 Å². The standard InChI is InChI=1S/C17H14IN3O2/c1-22-15-6-10-14(7-16(15)23-2)19-9-21-8-11-12(18)4-3-5-13(11)20-17(10)21/h3-7,9H,8H2,1-2H3. The van der Waals surface area contributed by atoms with E-state index in [0.29, 0.717) is 11.5 Å². The van der Waals surface area contributed by atoms with E-state index >= 15 is 0 Å². The topological polar surface area (TPSA) is 46.4 Å². The Hall–Kier alpha value is -2.09. The number of ether oxygens (including phenoxy) is 2. The molecule has 116 valence electrons. The van der Waals surface area contributed by atoms with Crippen LogP contribution in [0.5, 0.6) is 11.5 Å². The van der Waals surface area contributed by atoms with Crippen LogP contribution >= 0.6 is 22.6 Å². The number of fused-ring (bicyclic) bond motifs is 4. The third-order valence-corrected chi connectivity index (χ3v) is 5.01. The molecule has 0 saturated carbocycles. The highest BCUT2D eigenvalue weighted by molar-refractivity contribution is 14.1. The molecule has 0 amide bonds. The van der Waals surface area contributed by atoms with Gasteiger partial charge in [0.05, 0.1) is 38.5 Å². The van der Waals surface area contributed by atoms with Crippen molar-refractivity contribution in [2.24, 2.45) is 9.98 Å². The maximum atomic E-state index is 5.42. The Labute approximate surface area is 147 Å². The zero-order chi connectivity index (χ0) is 16.0. The molecule has 2 aliphatic heterocycles. The Morgan fingerprint density at radius 3 is 2.65 bits per heavy atom. The molecule has 0 fully saturated rings. The van der Waals surface area contributed by atoms with Crippen LogP contribution in [0, 0.1) is 3.57 Å². The fraction of sp³-hybridized carbons (Fsp3) is 0.176. The van der Waals surface area contributed by atoms with E-state index in [0.717, 1.165) is 29.3 Å². The summed E-state index contributed by atoms with van der Waals surface area (Å²) in [7, 11) is 3.26. The first kappa shape index (κ1) is 14.5. The lowest BCUT2D eigenvalue weighted by Crippen LogP contribution is -2.34. The van der Waals surface area contributed by atoms with E-state index in [1.54, 1.807) is 14.2 Å². The number of benzene rings is 2. The van der Waals surface area contributed by atoms with Crippen molar-refractivity contribution in [2.75, 3.05) is 14.2 Å². The highest BCUT2D eigenvalue weighted by atomic mass is 127. The minimum Gasteiger partial charge on any atom is -0.493 e. The molecule has 23 heavy (non-hydrogen) atoms. The lowest BCUT2D eigenvalue weighted by molar-refractivity contribution is 0.355. The molecule has 2 aromatic carbocycles. The molecule has 0 spiro atoms. The first-order valence-electron chi connectivity index (χ1n) is 7.14. The summed E-state index contributed by atoms with van der Waals surface area (Å²) in [6.45, 7) is 0.768. The largest absolute Gasteiger partial charge is 0.493 e. The van der Waals surface area contributed by atoms with Crippen molar-refractivity contribution >= 4 is 46.1 Å². The highest BCUT2D eigenvalue weighted by Crippen LogP contribution is 2.40. The van der Waals surface area contributed by atoms with Gasteiger partial charge in [0.2, 0.25) is 0 Å². The Bertz CT molecular complexity index is 861. The molecule has 2 aromatic rings. The summed E-state index contributed by atoms with van der Waals surface area (Å²) in [5.74, 6) is 2.24. The minimum absolute atomic E-state index is 0.670. The van der Waals surface area contributed by atoms with Crippen LogP contribution in [0.2, 0.25) is 0 Å². The molecule has 0 atom stereocenters. The maximum absolute atomic E-state index is 5.42. The zero-order valence-corrected chi connectivity index (χ0v) is 14.9. The molecule has 2 aliphatic rings. The lowest BCUT2D eigenvalue weighted by atomic mass is 10.0. The van der Waals surface area contributed by atoms with E-state index in [4.69, 9.17) is 14.5 Å². The number of amidine groups is 1. The number of aliphatic imine (C=N–C) groups is 2. The monoisotopic (exact) mass is 419 g/mol. The number of hydrogen-bond donors (Lipinski definition) is 0. The third kappa shape index (κ3) is 2.28. The van der Waals surface area contributed by atoms with Crippen molar-refractivity contribution in [1.82, 2.24) is 4.90 Å². The van der Waals surface area contributed by atoms with Crippen LogP contribution in [0.4, 0.5) is 11.4 Å². The van der Waals surface area contributed by atoms with Crippen LogP contribution in [0.1, 0.15) is 11.1 Å². The minimum atomic E-state index is 0.670. The van der Waals surface area contributed by atoms with Crippen LogP contribution in [0.25, 0.3) is 0 Å². The normalized spacial score (nSPS) is 14.6. The fourth-order valence-corrected chi connectivity index (χ4v) is 3.48. The van der Waals surface area contributed by atoms with Gasteiger partial charge < -0.3 is 14.4 Å². The molecule has 6 heteroatoms. The van der Waals surface area contributed by atoms with Gasteiger partial charge in [-0.1, -0.05) is 6.07 Å². The molecule has 5 nitrogen and oxygen atoms in total. The molecular weight excluding hydrogens is 405 g/mol. The number of halogens is 1. The average Bonchev–Trinajstić information content (AvgIpc) is 2.59. The molecule has 2 heterocycles. The predicted octanol–water partition coefficient (Wildman–Crippen LogP) is 3.88. The van der Waals surface area contributed by atoms with Crippen LogP contribution in [-0.2, 0) is 6.54 Å². The SMILES string of the molecule is COc1cc2c(cc1OC)C1=Nc3cccc(I)c3CN1C=N2. The average molecular weight is 419 g/mol. The van der Waals surface area contributed by atoms with Gasteiger partial charge in [0, 0.05) is 20.8 Å². The summed E-state index contributed by atoms with van der Waals surface area (Å²) in [4.78, 5) is 11.5. The van der Waals surface area contributed by atoms with Gasteiger partial charge in [-0.2, -0.15) is 0 Å². The summed E-state index contributed by atoms with van der Waals surface area (Å²) in [5.41, 5.74) is 4.04. The Balaban J connectivity index is 1.91. The van der Waals surface area contributed by atoms with Crippen molar-refractivity contribution < 1.29 is 9.47 Å². The van der Waals surface area contributed by atoms with Gasteiger partial charge in [0.1, 0.15) is 5.84 Å². The summed E-state index contributed by atoms with van der Waals surface area (Å²) in [5, 5.41) is 0. The quantitative estimate of drug-likeness (QED) is 0.695. The molecule has 0 saturated heterocycles. The first-order chi connectivity index (χ1) is 11.2. The van der Waals surface area contributed by atoms with Crippen LogP contribution < -0.4 is 9.47 Å². The van der Waals surface area contributed by atoms with Crippen molar-refractivity contribution in [2.45, 2.75) is 6.54 Å². The first-order valence-corrected chi connectivity index (χ1v) is 8.22. The van der Waals surface area contributed by atoms with Crippen molar-refractivity contribution in [1.29, 1.82) is 0 Å². The highest BCUT2D eigenvalue weighted by Gasteiger charge is 2.27. The van der Waals surface area contributed by atoms with E-state index < -0.39 is 0 Å². The molecule has 4 rings (SSSR count). The Morgan fingerprint density at radius 2 is 1.87 bits per heavy atom. The summed E-state index contributed by atoms with van der Waals surface area (Å²) < 4.78 is 12.0. The Kier molecular flexibility index (Phi) is 3.48. The second kappa shape index (κ2) is 5.52. The second-order valence-corrected chi connectivity index (χ2v) is 6.43. The fourth-order valence-electron chi connectivity index (χ4n) is 2.83. The summed E-state index contributed by atoms with van der Waals surface area (Å²) in [6, 6.07) is 10.0. The number of rotatable bonds is 2. The number of methoxy groups -OCH3 is 2. The van der Waals surface area contributed by atoms with Gasteiger partial charge >= 0.3 is 0 Å². The molecule has 0 radical (unpaired) electrons. The van der Waals surface area contributed by atoms with Crippen molar-refractivity contribution in [3.63, 3.8) is 0 Å². The molecule has 0 bridgehead atoms. The van der Waals surface area contributed by atoms with Gasteiger partial charge in [-0.15, -0.1) is 0 Å². The van der Waals surface area contributed by atoms with E-state index in [9.17, 15) is 0 Å². The Morgan fingerprint density at radius 1 is 1.09 bits per heavy atom. The molecule has 0 N–H and O–H groups in total. The molecule has 0 aliphatic carbocycles. The number of nitrogens with zero attached hydrogens (tertiary/aromatic N) is 3. The van der Waals surface area contributed by atoms with Gasteiger partial charge in [0.25, 0.3) is 0 Å². The summed E-state index contributed by atoms with van der Waals surface area (Å²) in [6.07, 6.45) is 1.83. The molecule has 0 unspecified atom stereocenters. The van der Waals surface area contributed by atoms with Crippen LogP contribution in [-0.4, -0.2) is 31.3 Å². The maximum Gasteiger partial charge on any atom is 0.162 e.